The third kappa shape index (κ3) is 6.30. The summed E-state index contributed by atoms with van der Waals surface area (Å²) < 4.78 is 5.76. The van der Waals surface area contributed by atoms with Crippen LogP contribution < -0.4 is 17.1 Å². The standard InChI is InChI=1S/C18H30N2O2.ClH/c1-14(2)18-6-5-17(11-15(18)3)22-13-16(21)12-20-9-7-19(4)8-10-20;/h5-6,11,14,16,21H,7-10,12-13H2,1-4H3;1H/p-1. The normalized spacial score (nSPS) is 17.8. The minimum Gasteiger partial charge on any atom is -1.00 e. The van der Waals surface area contributed by atoms with Gasteiger partial charge in [-0.25, -0.2) is 0 Å². The van der Waals surface area contributed by atoms with Gasteiger partial charge >= 0.3 is 0 Å². The van der Waals surface area contributed by atoms with Crippen LogP contribution in [0.1, 0.15) is 30.9 Å². The maximum atomic E-state index is 10.2. The molecule has 0 spiro atoms. The van der Waals surface area contributed by atoms with Crippen molar-refractivity contribution in [2.45, 2.75) is 32.8 Å². The first-order chi connectivity index (χ1) is 10.5. The van der Waals surface area contributed by atoms with Gasteiger partial charge in [0.25, 0.3) is 0 Å². The number of aliphatic hydroxyl groups excluding tert-OH is 1. The van der Waals surface area contributed by atoms with Crippen molar-refractivity contribution in [3.8, 4) is 5.75 Å². The highest BCUT2D eigenvalue weighted by Gasteiger charge is 2.17. The van der Waals surface area contributed by atoms with E-state index in [1.165, 1.54) is 11.1 Å². The molecular weight excluding hydrogens is 312 g/mol. The fourth-order valence-electron chi connectivity index (χ4n) is 2.96. The summed E-state index contributed by atoms with van der Waals surface area (Å²) in [7, 11) is 2.14. The van der Waals surface area contributed by atoms with Crippen molar-refractivity contribution in [1.82, 2.24) is 9.80 Å². The molecule has 0 amide bonds. The molecular formula is C18H30ClN2O2-. The Morgan fingerprint density at radius 2 is 1.83 bits per heavy atom. The van der Waals surface area contributed by atoms with E-state index in [-0.39, 0.29) is 12.4 Å². The SMILES string of the molecule is Cc1cc(OCC(O)CN2CCN(C)CC2)ccc1C(C)C.[Cl-]. The van der Waals surface area contributed by atoms with E-state index in [4.69, 9.17) is 4.74 Å². The van der Waals surface area contributed by atoms with Gasteiger partial charge in [0.1, 0.15) is 18.5 Å². The van der Waals surface area contributed by atoms with Crippen molar-refractivity contribution in [2.24, 2.45) is 0 Å². The molecule has 0 saturated carbocycles. The van der Waals surface area contributed by atoms with E-state index in [2.05, 4.69) is 49.8 Å². The molecule has 1 N–H and O–H groups in total. The lowest BCUT2D eigenvalue weighted by Gasteiger charge is -2.33. The average molecular weight is 342 g/mol. The third-order valence-corrected chi connectivity index (χ3v) is 4.37. The molecule has 1 aromatic carbocycles. The number of nitrogens with zero attached hydrogens (tertiary/aromatic N) is 2. The summed E-state index contributed by atoms with van der Waals surface area (Å²) in [6, 6.07) is 6.20. The van der Waals surface area contributed by atoms with Crippen molar-refractivity contribution in [3.63, 3.8) is 0 Å². The number of piperazine rings is 1. The molecule has 1 aromatic rings. The minimum atomic E-state index is -0.437. The van der Waals surface area contributed by atoms with Gasteiger partial charge in [0.05, 0.1) is 0 Å². The maximum absolute atomic E-state index is 10.2. The Morgan fingerprint density at radius 1 is 1.17 bits per heavy atom. The summed E-state index contributed by atoms with van der Waals surface area (Å²) in [4.78, 5) is 4.62. The molecule has 1 unspecified atom stereocenters. The predicted octanol–water partition coefficient (Wildman–Crippen LogP) is -0.890. The predicted molar refractivity (Wildman–Crippen MR) is 90.7 cm³/mol. The molecule has 1 fully saturated rings. The van der Waals surface area contributed by atoms with Crippen LogP contribution in [0.15, 0.2) is 18.2 Å². The summed E-state index contributed by atoms with van der Waals surface area (Å²) in [5.41, 5.74) is 2.60. The topological polar surface area (TPSA) is 35.9 Å². The Balaban J connectivity index is 0.00000264. The van der Waals surface area contributed by atoms with Gasteiger partial charge in [-0.2, -0.15) is 0 Å². The van der Waals surface area contributed by atoms with Crippen LogP contribution in [-0.4, -0.2) is 67.4 Å². The number of benzene rings is 1. The van der Waals surface area contributed by atoms with Gasteiger partial charge in [-0.1, -0.05) is 19.9 Å². The van der Waals surface area contributed by atoms with Gasteiger partial charge in [-0.15, -0.1) is 0 Å². The Labute approximate surface area is 146 Å². The Hall–Kier alpha value is -0.810. The fraction of sp³-hybridized carbons (Fsp3) is 0.667. The number of aryl methyl sites for hydroxylation is 1. The first-order valence-electron chi connectivity index (χ1n) is 8.28. The highest BCUT2D eigenvalue weighted by atomic mass is 35.5. The number of hydrogen-bond acceptors (Lipinski definition) is 4. The van der Waals surface area contributed by atoms with Crippen molar-refractivity contribution >= 4 is 0 Å². The van der Waals surface area contributed by atoms with Crippen LogP contribution >= 0.6 is 0 Å². The zero-order valence-electron chi connectivity index (χ0n) is 14.8. The van der Waals surface area contributed by atoms with Crippen LogP contribution in [0.4, 0.5) is 0 Å². The molecule has 1 heterocycles. The van der Waals surface area contributed by atoms with Crippen molar-refractivity contribution in [3.05, 3.63) is 29.3 Å². The zero-order valence-corrected chi connectivity index (χ0v) is 15.5. The molecule has 1 aliphatic rings. The van der Waals surface area contributed by atoms with E-state index in [0.29, 0.717) is 19.1 Å². The quantitative estimate of drug-likeness (QED) is 0.728. The van der Waals surface area contributed by atoms with Gasteiger partial charge in [0.2, 0.25) is 0 Å². The summed E-state index contributed by atoms with van der Waals surface area (Å²) in [5.74, 6) is 1.37. The molecule has 4 nitrogen and oxygen atoms in total. The maximum Gasteiger partial charge on any atom is 0.119 e. The van der Waals surface area contributed by atoms with Gasteiger partial charge in [-0.05, 0) is 43.1 Å². The molecule has 23 heavy (non-hydrogen) atoms. The fourth-order valence-corrected chi connectivity index (χ4v) is 2.96. The number of β-amino-alcohol motifs (C(OH)–C–C–N with tert-alkyl or cyclic N) is 1. The van der Waals surface area contributed by atoms with Crippen molar-refractivity contribution < 1.29 is 22.3 Å². The van der Waals surface area contributed by atoms with E-state index in [0.717, 1.165) is 31.9 Å². The number of aliphatic hydroxyl groups is 1. The number of rotatable bonds is 6. The van der Waals surface area contributed by atoms with Crippen LogP contribution in [-0.2, 0) is 0 Å². The first kappa shape index (κ1) is 20.2. The average Bonchev–Trinajstić information content (AvgIpc) is 2.47. The van der Waals surface area contributed by atoms with E-state index >= 15 is 0 Å². The minimum absolute atomic E-state index is 0. The van der Waals surface area contributed by atoms with Gasteiger partial charge in [-0.3, -0.25) is 4.90 Å². The van der Waals surface area contributed by atoms with Crippen LogP contribution in [0.2, 0.25) is 0 Å². The molecule has 5 heteroatoms. The Kier molecular flexibility index (Phi) is 8.34. The summed E-state index contributed by atoms with van der Waals surface area (Å²) in [6.07, 6.45) is -0.437. The van der Waals surface area contributed by atoms with E-state index in [1.54, 1.807) is 0 Å². The van der Waals surface area contributed by atoms with Gasteiger partial charge in [0, 0.05) is 32.7 Å². The zero-order chi connectivity index (χ0) is 16.1. The summed E-state index contributed by atoms with van der Waals surface area (Å²) in [6.45, 7) is 11.7. The second-order valence-electron chi connectivity index (χ2n) is 6.74. The van der Waals surface area contributed by atoms with Crippen molar-refractivity contribution in [2.75, 3.05) is 46.4 Å². The number of likely N-dealkylation sites (N-methyl/N-ethyl adjacent to an activating group) is 1. The van der Waals surface area contributed by atoms with E-state index in [9.17, 15) is 5.11 Å². The molecule has 1 aliphatic heterocycles. The van der Waals surface area contributed by atoms with E-state index in [1.807, 2.05) is 6.07 Å². The molecule has 0 radical (unpaired) electrons. The number of halogens is 1. The van der Waals surface area contributed by atoms with Crippen LogP contribution in [0.3, 0.4) is 0 Å². The molecule has 0 aliphatic carbocycles. The highest BCUT2D eigenvalue weighted by Crippen LogP contribution is 2.23. The largest absolute Gasteiger partial charge is 1.00 e. The lowest BCUT2D eigenvalue weighted by atomic mass is 9.98. The number of ether oxygens (including phenoxy) is 1. The van der Waals surface area contributed by atoms with Crippen LogP contribution in [0, 0.1) is 6.92 Å². The second kappa shape index (κ2) is 9.48. The molecule has 1 atom stereocenters. The van der Waals surface area contributed by atoms with Gasteiger partial charge in [0.15, 0.2) is 0 Å². The van der Waals surface area contributed by atoms with E-state index < -0.39 is 6.10 Å². The molecule has 1 saturated heterocycles. The molecule has 0 aromatic heterocycles. The summed E-state index contributed by atoms with van der Waals surface area (Å²) >= 11 is 0. The number of hydrogen-bond donors (Lipinski definition) is 1. The Bertz CT molecular complexity index is 474. The second-order valence-corrected chi connectivity index (χ2v) is 6.74. The molecule has 132 valence electrons. The van der Waals surface area contributed by atoms with Gasteiger partial charge < -0.3 is 27.2 Å². The molecule has 0 bridgehead atoms. The lowest BCUT2D eigenvalue weighted by molar-refractivity contribution is -0.00000724. The highest BCUT2D eigenvalue weighted by molar-refractivity contribution is 5.36. The molecule has 2 rings (SSSR count). The lowest BCUT2D eigenvalue weighted by Crippen LogP contribution is -3.00. The first-order valence-corrected chi connectivity index (χ1v) is 8.28. The van der Waals surface area contributed by atoms with Crippen LogP contribution in [0.25, 0.3) is 0 Å². The summed E-state index contributed by atoms with van der Waals surface area (Å²) in [5, 5.41) is 10.2. The van der Waals surface area contributed by atoms with Crippen LogP contribution in [0.5, 0.6) is 5.75 Å². The van der Waals surface area contributed by atoms with Crippen molar-refractivity contribution in [1.29, 1.82) is 0 Å². The third-order valence-electron chi connectivity index (χ3n) is 4.37. The Morgan fingerprint density at radius 3 is 2.39 bits per heavy atom. The monoisotopic (exact) mass is 341 g/mol. The smallest absolute Gasteiger partial charge is 0.119 e.